The number of hydrogen-bond donors (Lipinski definition) is 2. The van der Waals surface area contributed by atoms with Crippen LogP contribution in [0.2, 0.25) is 0 Å². The molecule has 106 valence electrons. The zero-order valence-electron chi connectivity index (χ0n) is 11.9. The lowest BCUT2D eigenvalue weighted by atomic mass is 10.1. The normalized spacial score (nSPS) is 12.5. The molecule has 0 spiro atoms. The van der Waals surface area contributed by atoms with Crippen LogP contribution in [0.15, 0.2) is 28.7 Å². The Morgan fingerprint density at radius 2 is 1.89 bits per heavy atom. The number of carbonyl (C=O) groups excluding carboxylic acids is 1. The molecule has 0 aliphatic heterocycles. The minimum Gasteiger partial charge on any atom is -0.352 e. The van der Waals surface area contributed by atoms with E-state index in [2.05, 4.69) is 40.4 Å². The summed E-state index contributed by atoms with van der Waals surface area (Å²) >= 11 is 3.51. The highest BCUT2D eigenvalue weighted by molar-refractivity contribution is 9.10. The Morgan fingerprint density at radius 1 is 1.26 bits per heavy atom. The lowest BCUT2D eigenvalue weighted by molar-refractivity contribution is -0.123. The van der Waals surface area contributed by atoms with Gasteiger partial charge in [0.15, 0.2) is 0 Å². The molecule has 0 saturated carbocycles. The molecule has 1 aromatic rings. The van der Waals surface area contributed by atoms with Crippen LogP contribution in [0.5, 0.6) is 0 Å². The first-order valence-corrected chi connectivity index (χ1v) is 7.64. The first-order valence-electron chi connectivity index (χ1n) is 6.85. The summed E-state index contributed by atoms with van der Waals surface area (Å²) in [5.74, 6) is 0.0701. The van der Waals surface area contributed by atoms with Crippen LogP contribution in [0.3, 0.4) is 0 Å². The van der Waals surface area contributed by atoms with Crippen molar-refractivity contribution >= 4 is 21.8 Å². The Labute approximate surface area is 124 Å². The topological polar surface area (TPSA) is 41.1 Å². The average molecular weight is 327 g/mol. The monoisotopic (exact) mass is 326 g/mol. The second-order valence-electron chi connectivity index (χ2n) is 4.72. The van der Waals surface area contributed by atoms with Crippen molar-refractivity contribution in [3.8, 4) is 0 Å². The predicted octanol–water partition coefficient (Wildman–Crippen LogP) is 3.23. The maximum atomic E-state index is 12.0. The molecule has 1 rings (SSSR count). The summed E-state index contributed by atoms with van der Waals surface area (Å²) in [4.78, 5) is 12.0. The molecule has 0 aliphatic rings. The average Bonchev–Trinajstić information content (AvgIpc) is 2.43. The van der Waals surface area contributed by atoms with Gasteiger partial charge in [-0.25, -0.2) is 0 Å². The van der Waals surface area contributed by atoms with E-state index in [1.54, 1.807) is 0 Å². The van der Waals surface area contributed by atoms with E-state index in [0.717, 1.165) is 22.9 Å². The van der Waals surface area contributed by atoms with Crippen LogP contribution in [0.25, 0.3) is 0 Å². The van der Waals surface area contributed by atoms with Gasteiger partial charge < -0.3 is 10.6 Å². The van der Waals surface area contributed by atoms with Crippen LogP contribution in [0.1, 0.15) is 39.2 Å². The molecule has 4 heteroatoms. The summed E-state index contributed by atoms with van der Waals surface area (Å²) < 4.78 is 1.06. The maximum Gasteiger partial charge on any atom is 0.237 e. The van der Waals surface area contributed by atoms with Gasteiger partial charge in [-0.1, -0.05) is 48.0 Å². The summed E-state index contributed by atoms with van der Waals surface area (Å²) in [6, 6.07) is 8.12. The fraction of sp³-hybridized carbons (Fsp3) is 0.533. The van der Waals surface area contributed by atoms with Gasteiger partial charge in [0.2, 0.25) is 5.91 Å². The highest BCUT2D eigenvalue weighted by Crippen LogP contribution is 2.15. The van der Waals surface area contributed by atoms with Gasteiger partial charge in [0.05, 0.1) is 6.04 Å². The molecule has 0 radical (unpaired) electrons. The second kappa shape index (κ2) is 8.33. The van der Waals surface area contributed by atoms with Crippen molar-refractivity contribution in [1.29, 1.82) is 0 Å². The molecule has 1 unspecified atom stereocenters. The molecule has 0 saturated heterocycles. The minimum atomic E-state index is -0.187. The van der Waals surface area contributed by atoms with E-state index in [-0.39, 0.29) is 18.0 Å². The fourth-order valence-corrected chi connectivity index (χ4v) is 2.24. The Kier molecular flexibility index (Phi) is 7.10. The SMILES string of the molecule is CCC(CC)NC(=O)C(C)NCc1ccccc1Br. The number of rotatable bonds is 7. The van der Waals surface area contributed by atoms with Gasteiger partial charge in [-0.2, -0.15) is 0 Å². The highest BCUT2D eigenvalue weighted by atomic mass is 79.9. The molecule has 0 aromatic heterocycles. The van der Waals surface area contributed by atoms with E-state index >= 15 is 0 Å². The van der Waals surface area contributed by atoms with E-state index < -0.39 is 0 Å². The third-order valence-corrected chi connectivity index (χ3v) is 4.06. The van der Waals surface area contributed by atoms with Gasteiger partial charge in [-0.15, -0.1) is 0 Å². The van der Waals surface area contributed by atoms with Gasteiger partial charge in [0.25, 0.3) is 0 Å². The van der Waals surface area contributed by atoms with Crippen molar-refractivity contribution in [2.75, 3.05) is 0 Å². The van der Waals surface area contributed by atoms with E-state index in [0.29, 0.717) is 6.54 Å². The molecule has 0 heterocycles. The largest absolute Gasteiger partial charge is 0.352 e. The number of nitrogens with one attached hydrogen (secondary N) is 2. The zero-order valence-corrected chi connectivity index (χ0v) is 13.5. The quantitative estimate of drug-likeness (QED) is 0.807. The van der Waals surface area contributed by atoms with Crippen molar-refractivity contribution in [2.45, 2.75) is 52.2 Å². The minimum absolute atomic E-state index is 0.0701. The molecule has 0 fully saturated rings. The second-order valence-corrected chi connectivity index (χ2v) is 5.57. The molecule has 1 atom stereocenters. The smallest absolute Gasteiger partial charge is 0.237 e. The van der Waals surface area contributed by atoms with E-state index in [9.17, 15) is 4.79 Å². The van der Waals surface area contributed by atoms with Crippen molar-refractivity contribution in [3.05, 3.63) is 34.3 Å². The predicted molar refractivity (Wildman–Crippen MR) is 83.0 cm³/mol. The Hall–Kier alpha value is -0.870. The van der Waals surface area contributed by atoms with E-state index in [4.69, 9.17) is 0 Å². The molecule has 19 heavy (non-hydrogen) atoms. The molecule has 3 nitrogen and oxygen atoms in total. The number of amides is 1. The van der Waals surface area contributed by atoms with Gasteiger partial charge >= 0.3 is 0 Å². The Balaban J connectivity index is 2.45. The van der Waals surface area contributed by atoms with Gasteiger partial charge in [0, 0.05) is 17.1 Å². The molecule has 0 bridgehead atoms. The van der Waals surface area contributed by atoms with Crippen molar-refractivity contribution in [1.82, 2.24) is 10.6 Å². The summed E-state index contributed by atoms with van der Waals surface area (Å²) in [6.45, 7) is 6.76. The van der Waals surface area contributed by atoms with E-state index in [1.165, 1.54) is 0 Å². The van der Waals surface area contributed by atoms with Crippen molar-refractivity contribution < 1.29 is 4.79 Å². The number of hydrogen-bond acceptors (Lipinski definition) is 2. The standard InChI is InChI=1S/C15H23BrN2O/c1-4-13(5-2)18-15(19)11(3)17-10-12-8-6-7-9-14(12)16/h6-9,11,13,17H,4-5,10H2,1-3H3,(H,18,19). The van der Waals surface area contributed by atoms with E-state index in [1.807, 2.05) is 31.2 Å². The van der Waals surface area contributed by atoms with Crippen molar-refractivity contribution in [3.63, 3.8) is 0 Å². The molecular weight excluding hydrogens is 304 g/mol. The summed E-state index contributed by atoms with van der Waals surface area (Å²) in [5, 5.41) is 6.30. The summed E-state index contributed by atoms with van der Waals surface area (Å²) in [5.41, 5.74) is 1.16. The molecule has 2 N–H and O–H groups in total. The Bertz CT molecular complexity index is 405. The van der Waals surface area contributed by atoms with Gasteiger partial charge in [0.1, 0.15) is 0 Å². The molecule has 0 aliphatic carbocycles. The number of carbonyl (C=O) groups is 1. The van der Waals surface area contributed by atoms with Crippen LogP contribution < -0.4 is 10.6 Å². The lowest BCUT2D eigenvalue weighted by Crippen LogP contribution is -2.45. The highest BCUT2D eigenvalue weighted by Gasteiger charge is 2.15. The fourth-order valence-electron chi connectivity index (χ4n) is 1.82. The third-order valence-electron chi connectivity index (χ3n) is 3.28. The maximum absolute atomic E-state index is 12.0. The molecular formula is C15H23BrN2O. The van der Waals surface area contributed by atoms with Crippen LogP contribution in [-0.4, -0.2) is 18.0 Å². The van der Waals surface area contributed by atoms with Crippen LogP contribution in [0, 0.1) is 0 Å². The first-order chi connectivity index (χ1) is 9.08. The van der Waals surface area contributed by atoms with Gasteiger partial charge in [-0.05, 0) is 31.4 Å². The summed E-state index contributed by atoms with van der Waals surface area (Å²) in [6.07, 6.45) is 1.94. The van der Waals surface area contributed by atoms with Crippen LogP contribution in [0.4, 0.5) is 0 Å². The third kappa shape index (κ3) is 5.33. The van der Waals surface area contributed by atoms with Crippen LogP contribution >= 0.6 is 15.9 Å². The number of benzene rings is 1. The first kappa shape index (κ1) is 16.2. The molecule has 1 amide bonds. The van der Waals surface area contributed by atoms with Crippen molar-refractivity contribution in [2.24, 2.45) is 0 Å². The zero-order chi connectivity index (χ0) is 14.3. The van der Waals surface area contributed by atoms with Crippen LogP contribution in [-0.2, 0) is 11.3 Å². The molecule has 1 aromatic carbocycles. The lowest BCUT2D eigenvalue weighted by Gasteiger charge is -2.19. The summed E-state index contributed by atoms with van der Waals surface area (Å²) in [7, 11) is 0. The van der Waals surface area contributed by atoms with Gasteiger partial charge in [-0.3, -0.25) is 4.79 Å². The Morgan fingerprint density at radius 3 is 2.47 bits per heavy atom. The number of halogens is 1.